The number of anilines is 1. The zero-order valence-corrected chi connectivity index (χ0v) is 24.4. The van der Waals surface area contributed by atoms with Gasteiger partial charge in [0.05, 0.1) is 10.6 Å². The van der Waals surface area contributed by atoms with Gasteiger partial charge in [-0.25, -0.2) is 8.42 Å². The van der Waals surface area contributed by atoms with E-state index in [2.05, 4.69) is 5.32 Å². The van der Waals surface area contributed by atoms with Crippen LogP contribution in [0.25, 0.3) is 0 Å². The first-order valence-corrected chi connectivity index (χ1v) is 15.4. The fraction of sp³-hybridized carbons (Fsp3) is 0.375. The van der Waals surface area contributed by atoms with Crippen LogP contribution >= 0.6 is 0 Å². The van der Waals surface area contributed by atoms with Crippen molar-refractivity contribution in [2.24, 2.45) is 0 Å². The van der Waals surface area contributed by atoms with Crippen molar-refractivity contribution in [3.05, 3.63) is 95.6 Å². The molecule has 1 aliphatic rings. The Morgan fingerprint density at radius 2 is 1.50 bits per heavy atom. The van der Waals surface area contributed by atoms with Gasteiger partial charge in [0.25, 0.3) is 10.0 Å². The van der Waals surface area contributed by atoms with Gasteiger partial charge in [0.1, 0.15) is 12.6 Å². The Kier molecular flexibility index (Phi) is 9.63. The van der Waals surface area contributed by atoms with E-state index in [1.54, 1.807) is 61.5 Å². The van der Waals surface area contributed by atoms with Gasteiger partial charge < -0.3 is 10.2 Å². The minimum absolute atomic E-state index is 0.0989. The number of carbonyl (C=O) groups excluding carboxylic acids is 2. The van der Waals surface area contributed by atoms with Gasteiger partial charge in [0.2, 0.25) is 11.8 Å². The van der Waals surface area contributed by atoms with E-state index in [0.717, 1.165) is 46.7 Å². The average Bonchev–Trinajstić information content (AvgIpc) is 2.96. The highest BCUT2D eigenvalue weighted by Gasteiger charge is 2.33. The smallest absolute Gasteiger partial charge is 0.264 e. The van der Waals surface area contributed by atoms with Crippen molar-refractivity contribution in [1.29, 1.82) is 0 Å². The number of hydrogen-bond acceptors (Lipinski definition) is 4. The highest BCUT2D eigenvalue weighted by molar-refractivity contribution is 7.92. The zero-order valence-electron chi connectivity index (χ0n) is 23.5. The van der Waals surface area contributed by atoms with E-state index in [4.69, 9.17) is 0 Å². The normalized spacial score (nSPS) is 14.8. The number of amides is 2. The fourth-order valence-corrected chi connectivity index (χ4v) is 6.50. The van der Waals surface area contributed by atoms with Gasteiger partial charge >= 0.3 is 0 Å². The first-order valence-electron chi connectivity index (χ1n) is 14.0. The summed E-state index contributed by atoms with van der Waals surface area (Å²) < 4.78 is 28.8. The molecule has 1 atom stereocenters. The summed E-state index contributed by atoms with van der Waals surface area (Å²) in [6, 6.07) is 22.2. The topological polar surface area (TPSA) is 86.8 Å². The molecule has 0 radical (unpaired) electrons. The lowest BCUT2D eigenvalue weighted by atomic mass is 9.95. The number of hydrogen-bond donors (Lipinski definition) is 1. The molecule has 0 spiro atoms. The molecule has 1 fully saturated rings. The zero-order chi connectivity index (χ0) is 28.7. The monoisotopic (exact) mass is 561 g/mol. The Bertz CT molecular complexity index is 1400. The molecule has 0 heterocycles. The number of nitrogens with one attached hydrogen (secondary N) is 1. The summed E-state index contributed by atoms with van der Waals surface area (Å²) in [5.74, 6) is -0.671. The van der Waals surface area contributed by atoms with Crippen molar-refractivity contribution >= 4 is 27.5 Å². The Hall–Kier alpha value is -3.65. The number of benzene rings is 3. The maximum absolute atomic E-state index is 14.1. The van der Waals surface area contributed by atoms with Gasteiger partial charge in [0.15, 0.2) is 0 Å². The van der Waals surface area contributed by atoms with Crippen molar-refractivity contribution in [1.82, 2.24) is 10.2 Å². The van der Waals surface area contributed by atoms with Crippen LogP contribution in [0.4, 0.5) is 5.69 Å². The summed E-state index contributed by atoms with van der Waals surface area (Å²) in [6.07, 6.45) is 5.19. The molecule has 2 amide bonds. The highest BCUT2D eigenvalue weighted by atomic mass is 32.2. The molecule has 7 nitrogen and oxygen atoms in total. The molecule has 0 saturated heterocycles. The first-order chi connectivity index (χ1) is 19.2. The molecule has 212 valence electrons. The predicted molar refractivity (Wildman–Crippen MR) is 158 cm³/mol. The number of para-hydroxylation sites is 1. The number of nitrogens with zero attached hydrogens (tertiary/aromatic N) is 2. The summed E-state index contributed by atoms with van der Waals surface area (Å²) in [5, 5.41) is 3.14. The summed E-state index contributed by atoms with van der Waals surface area (Å²) in [4.78, 5) is 29.1. The minimum Gasteiger partial charge on any atom is -0.352 e. The third kappa shape index (κ3) is 7.10. The molecule has 0 aliphatic heterocycles. The predicted octanol–water partition coefficient (Wildman–Crippen LogP) is 5.36. The Balaban J connectivity index is 1.66. The molecular formula is C32H39N3O4S. The minimum atomic E-state index is -4.06. The van der Waals surface area contributed by atoms with Crippen molar-refractivity contribution in [3.63, 3.8) is 0 Å². The number of carbonyl (C=O) groups is 2. The van der Waals surface area contributed by atoms with Crippen LogP contribution in [0.1, 0.15) is 55.7 Å². The van der Waals surface area contributed by atoms with Crippen LogP contribution in [0.5, 0.6) is 0 Å². The molecule has 0 bridgehead atoms. The summed E-state index contributed by atoms with van der Waals surface area (Å²) in [5.41, 5.74) is 3.21. The summed E-state index contributed by atoms with van der Waals surface area (Å²) >= 11 is 0. The van der Waals surface area contributed by atoms with Gasteiger partial charge in [-0.1, -0.05) is 79.4 Å². The van der Waals surface area contributed by atoms with Crippen LogP contribution in [0.15, 0.2) is 83.8 Å². The van der Waals surface area contributed by atoms with Crippen LogP contribution in [-0.4, -0.2) is 43.8 Å². The van der Waals surface area contributed by atoms with Crippen LogP contribution in [0.2, 0.25) is 0 Å². The molecule has 8 heteroatoms. The maximum Gasteiger partial charge on any atom is 0.264 e. The van der Waals surface area contributed by atoms with Crippen LogP contribution in [0.3, 0.4) is 0 Å². The van der Waals surface area contributed by atoms with Gasteiger partial charge in [-0.2, -0.15) is 0 Å². The van der Waals surface area contributed by atoms with Crippen molar-refractivity contribution in [2.45, 2.75) is 76.4 Å². The first kappa shape index (κ1) is 29.3. The maximum atomic E-state index is 14.1. The van der Waals surface area contributed by atoms with Crippen LogP contribution < -0.4 is 9.62 Å². The van der Waals surface area contributed by atoms with Gasteiger partial charge in [-0.15, -0.1) is 0 Å². The van der Waals surface area contributed by atoms with Gasteiger partial charge in [0, 0.05) is 12.6 Å². The van der Waals surface area contributed by atoms with Crippen LogP contribution in [0, 0.1) is 13.8 Å². The SMILES string of the molecule is Cc1ccc(S(=O)(=O)N(CC(=O)N(Cc2ccccc2C)[C@@H](C)C(=O)NC2CCCCC2)c2ccccc2)cc1. The molecule has 3 aromatic rings. The lowest BCUT2D eigenvalue weighted by molar-refractivity contribution is -0.139. The molecular weight excluding hydrogens is 522 g/mol. The van der Waals surface area contributed by atoms with E-state index in [1.807, 2.05) is 38.1 Å². The van der Waals surface area contributed by atoms with E-state index in [-0.39, 0.29) is 23.4 Å². The lowest BCUT2D eigenvalue weighted by Crippen LogP contribution is -2.53. The molecule has 0 aromatic heterocycles. The number of aryl methyl sites for hydroxylation is 2. The van der Waals surface area contributed by atoms with E-state index < -0.39 is 28.5 Å². The van der Waals surface area contributed by atoms with E-state index >= 15 is 0 Å². The molecule has 40 heavy (non-hydrogen) atoms. The lowest BCUT2D eigenvalue weighted by Gasteiger charge is -2.33. The average molecular weight is 562 g/mol. The van der Waals surface area contributed by atoms with Gasteiger partial charge in [-0.05, 0) is 69.0 Å². The van der Waals surface area contributed by atoms with Crippen molar-refractivity contribution < 1.29 is 18.0 Å². The highest BCUT2D eigenvalue weighted by Crippen LogP contribution is 2.25. The number of rotatable bonds is 10. The van der Waals surface area contributed by atoms with Gasteiger partial charge in [-0.3, -0.25) is 13.9 Å². The third-order valence-electron chi connectivity index (χ3n) is 7.65. The molecule has 1 saturated carbocycles. The Labute approximate surface area is 238 Å². The van der Waals surface area contributed by atoms with Crippen molar-refractivity contribution in [2.75, 3.05) is 10.8 Å². The quantitative estimate of drug-likeness (QED) is 0.361. The molecule has 1 aliphatic carbocycles. The molecule has 3 aromatic carbocycles. The standard InChI is InChI=1S/C32H39N3O4S/c1-24-18-20-30(21-19-24)40(38,39)35(29-16-8-5-9-17-29)23-31(36)34(22-27-13-11-10-12-25(27)2)26(3)32(37)33-28-14-6-4-7-15-28/h5,8-13,16-21,26,28H,4,6-7,14-15,22-23H2,1-3H3,(H,33,37)/t26-/m0/s1. The fourth-order valence-electron chi connectivity index (χ4n) is 5.08. The second-order valence-electron chi connectivity index (χ2n) is 10.6. The molecule has 4 rings (SSSR count). The number of sulfonamides is 1. The van der Waals surface area contributed by atoms with E-state index in [1.165, 1.54) is 11.3 Å². The summed E-state index contributed by atoms with van der Waals surface area (Å²) in [6.45, 7) is 5.32. The second-order valence-corrected chi connectivity index (χ2v) is 12.5. The Morgan fingerprint density at radius 1 is 0.875 bits per heavy atom. The largest absolute Gasteiger partial charge is 0.352 e. The second kappa shape index (κ2) is 13.1. The van der Waals surface area contributed by atoms with E-state index in [9.17, 15) is 18.0 Å². The molecule has 1 N–H and O–H groups in total. The Morgan fingerprint density at radius 3 is 2.15 bits per heavy atom. The van der Waals surface area contributed by atoms with E-state index in [0.29, 0.717) is 5.69 Å². The summed E-state index contributed by atoms with van der Waals surface area (Å²) in [7, 11) is -4.06. The van der Waals surface area contributed by atoms with Crippen LogP contribution in [-0.2, 0) is 26.2 Å². The third-order valence-corrected chi connectivity index (χ3v) is 9.44. The molecule has 0 unspecified atom stereocenters. The van der Waals surface area contributed by atoms with Crippen molar-refractivity contribution in [3.8, 4) is 0 Å².